The van der Waals surface area contributed by atoms with Crippen LogP contribution in [0.4, 0.5) is 0 Å². The minimum Gasteiger partial charge on any atom is -0.493 e. The zero-order chi connectivity index (χ0) is 20.4. The first kappa shape index (κ1) is 18.6. The van der Waals surface area contributed by atoms with Crippen molar-refractivity contribution in [3.8, 4) is 23.0 Å². The summed E-state index contributed by atoms with van der Waals surface area (Å²) in [6.07, 6.45) is 2.88. The van der Waals surface area contributed by atoms with Crippen molar-refractivity contribution in [3.05, 3.63) is 64.0 Å². The van der Waals surface area contributed by atoms with Crippen molar-refractivity contribution < 1.29 is 28.2 Å². The van der Waals surface area contributed by atoms with E-state index in [1.165, 1.54) is 25.3 Å². The number of fused-ring (bicyclic) bond motifs is 2. The van der Waals surface area contributed by atoms with Crippen LogP contribution in [0.2, 0.25) is 0 Å². The average Bonchev–Trinajstić information content (AvgIpc) is 2.71. The van der Waals surface area contributed by atoms with Crippen LogP contribution in [0.25, 0.3) is 17.0 Å². The molecule has 0 atom stereocenters. The van der Waals surface area contributed by atoms with Gasteiger partial charge >= 0.3 is 11.6 Å². The van der Waals surface area contributed by atoms with E-state index in [1.54, 1.807) is 30.3 Å². The van der Waals surface area contributed by atoms with Crippen molar-refractivity contribution in [2.75, 3.05) is 20.3 Å². The molecule has 3 aromatic rings. The summed E-state index contributed by atoms with van der Waals surface area (Å²) in [6, 6.07) is 9.82. The van der Waals surface area contributed by atoms with Gasteiger partial charge in [-0.1, -0.05) is 0 Å². The van der Waals surface area contributed by atoms with Gasteiger partial charge in [-0.2, -0.15) is 0 Å². The molecular formula is C22H18O7. The Balaban J connectivity index is 1.53. The summed E-state index contributed by atoms with van der Waals surface area (Å²) in [5.74, 6) is 1.33. The first-order valence-electron chi connectivity index (χ1n) is 8.95. The van der Waals surface area contributed by atoms with E-state index in [-0.39, 0.29) is 5.75 Å². The topological polar surface area (TPSA) is 84.2 Å². The first-order chi connectivity index (χ1) is 14.0. The number of ether oxygens (including phenoxy) is 4. The molecule has 0 N–H and O–H groups in total. The maximum Gasteiger partial charge on any atom is 0.336 e. The molecule has 2 heterocycles. The maximum absolute atomic E-state index is 12.2. The molecule has 4 rings (SSSR count). The number of aryl methyl sites for hydroxylation is 1. The van der Waals surface area contributed by atoms with Gasteiger partial charge in [0.05, 0.1) is 7.11 Å². The summed E-state index contributed by atoms with van der Waals surface area (Å²) in [4.78, 5) is 23.7. The van der Waals surface area contributed by atoms with Gasteiger partial charge in [0.15, 0.2) is 11.5 Å². The lowest BCUT2D eigenvalue weighted by atomic mass is 10.1. The predicted octanol–water partition coefficient (Wildman–Crippen LogP) is 3.50. The number of rotatable bonds is 4. The van der Waals surface area contributed by atoms with Gasteiger partial charge < -0.3 is 23.4 Å². The van der Waals surface area contributed by atoms with Crippen molar-refractivity contribution in [1.29, 1.82) is 0 Å². The standard InChI is InChI=1S/C22H18O7/c1-13-9-21(24)29-17-12-15(4-5-16(13)17)28-20(23)6-3-14-10-18(25-2)22-19(11-14)26-7-8-27-22/h3-6,9-12H,7-8H2,1-2H3/b6-3-. The summed E-state index contributed by atoms with van der Waals surface area (Å²) in [7, 11) is 1.54. The third-order valence-corrected chi connectivity index (χ3v) is 4.40. The lowest BCUT2D eigenvalue weighted by molar-refractivity contribution is -0.128. The SMILES string of the molecule is COc1cc(/C=C\C(=O)Oc2ccc3c(C)cc(=O)oc3c2)cc2c1OCCO2. The van der Waals surface area contributed by atoms with Gasteiger partial charge in [0, 0.05) is 23.6 Å². The largest absolute Gasteiger partial charge is 0.493 e. The Kier molecular flexibility index (Phi) is 4.95. The molecule has 0 aliphatic carbocycles. The van der Waals surface area contributed by atoms with Gasteiger partial charge in [-0.05, 0) is 48.4 Å². The van der Waals surface area contributed by atoms with Crippen molar-refractivity contribution in [2.24, 2.45) is 0 Å². The molecule has 0 saturated heterocycles. The van der Waals surface area contributed by atoms with Gasteiger partial charge in [-0.15, -0.1) is 0 Å². The van der Waals surface area contributed by atoms with E-state index in [0.717, 1.165) is 10.9 Å². The fraction of sp³-hybridized carbons (Fsp3) is 0.182. The molecule has 0 radical (unpaired) electrons. The van der Waals surface area contributed by atoms with Crippen LogP contribution in [0.15, 0.2) is 51.7 Å². The summed E-state index contributed by atoms with van der Waals surface area (Å²) in [5.41, 5.74) is 1.40. The molecule has 1 aromatic heterocycles. The lowest BCUT2D eigenvalue weighted by Crippen LogP contribution is -2.16. The van der Waals surface area contributed by atoms with Crippen LogP contribution in [0.5, 0.6) is 23.0 Å². The first-order valence-corrected chi connectivity index (χ1v) is 8.95. The van der Waals surface area contributed by atoms with Crippen LogP contribution in [0.1, 0.15) is 11.1 Å². The van der Waals surface area contributed by atoms with E-state index in [0.29, 0.717) is 41.6 Å². The highest BCUT2D eigenvalue weighted by atomic mass is 16.6. The summed E-state index contributed by atoms with van der Waals surface area (Å²) in [5, 5.41) is 0.781. The fourth-order valence-corrected chi connectivity index (χ4v) is 3.07. The molecule has 1 aliphatic rings. The number of esters is 1. The van der Waals surface area contributed by atoms with Crippen LogP contribution in [-0.4, -0.2) is 26.3 Å². The average molecular weight is 394 g/mol. The van der Waals surface area contributed by atoms with Crippen molar-refractivity contribution in [1.82, 2.24) is 0 Å². The normalized spacial score (nSPS) is 12.9. The molecule has 1 aliphatic heterocycles. The molecule has 0 fully saturated rings. The molecule has 0 unspecified atom stereocenters. The highest BCUT2D eigenvalue weighted by Crippen LogP contribution is 2.40. The van der Waals surface area contributed by atoms with E-state index >= 15 is 0 Å². The van der Waals surface area contributed by atoms with Crippen molar-refractivity contribution >= 4 is 23.0 Å². The number of carbonyl (C=O) groups excluding carboxylic acids is 1. The van der Waals surface area contributed by atoms with E-state index in [4.69, 9.17) is 23.4 Å². The summed E-state index contributed by atoms with van der Waals surface area (Å²) in [6.45, 7) is 2.72. The van der Waals surface area contributed by atoms with Gasteiger partial charge in [0.1, 0.15) is 24.5 Å². The number of carbonyl (C=O) groups is 1. The van der Waals surface area contributed by atoms with Crippen molar-refractivity contribution in [3.63, 3.8) is 0 Å². The number of methoxy groups -OCH3 is 1. The second kappa shape index (κ2) is 7.71. The fourth-order valence-electron chi connectivity index (χ4n) is 3.07. The van der Waals surface area contributed by atoms with Crippen molar-refractivity contribution in [2.45, 2.75) is 6.92 Å². The van der Waals surface area contributed by atoms with Gasteiger partial charge in [0.25, 0.3) is 0 Å². The van der Waals surface area contributed by atoms with Crippen LogP contribution in [0, 0.1) is 6.92 Å². The monoisotopic (exact) mass is 394 g/mol. The molecule has 0 spiro atoms. The van der Waals surface area contributed by atoms with Crippen LogP contribution < -0.4 is 24.6 Å². The highest BCUT2D eigenvalue weighted by Gasteiger charge is 2.18. The second-order valence-electron chi connectivity index (χ2n) is 6.41. The Morgan fingerprint density at radius 3 is 2.76 bits per heavy atom. The molecule has 2 aromatic carbocycles. The molecule has 148 valence electrons. The van der Waals surface area contributed by atoms with E-state index in [2.05, 4.69) is 0 Å². The van der Waals surface area contributed by atoms with Crippen LogP contribution in [-0.2, 0) is 4.79 Å². The third-order valence-electron chi connectivity index (χ3n) is 4.40. The summed E-state index contributed by atoms with van der Waals surface area (Å²) < 4.78 is 26.9. The van der Waals surface area contributed by atoms with Gasteiger partial charge in [-0.25, -0.2) is 9.59 Å². The summed E-state index contributed by atoms with van der Waals surface area (Å²) >= 11 is 0. The molecule has 0 amide bonds. The van der Waals surface area contributed by atoms with Crippen LogP contribution >= 0.6 is 0 Å². The molecule has 29 heavy (non-hydrogen) atoms. The maximum atomic E-state index is 12.2. The minimum absolute atomic E-state index is 0.278. The molecule has 0 saturated carbocycles. The second-order valence-corrected chi connectivity index (χ2v) is 6.41. The Hall–Kier alpha value is -3.74. The number of hydrogen-bond acceptors (Lipinski definition) is 7. The zero-order valence-electron chi connectivity index (χ0n) is 15.9. The molecule has 7 heteroatoms. The van der Waals surface area contributed by atoms with E-state index < -0.39 is 11.6 Å². The van der Waals surface area contributed by atoms with Gasteiger partial charge in [-0.3, -0.25) is 0 Å². The Labute approximate surface area is 166 Å². The van der Waals surface area contributed by atoms with Crippen LogP contribution in [0.3, 0.4) is 0 Å². The minimum atomic E-state index is -0.576. The van der Waals surface area contributed by atoms with E-state index in [1.807, 2.05) is 6.92 Å². The Bertz CT molecular complexity index is 1160. The highest BCUT2D eigenvalue weighted by molar-refractivity contribution is 5.90. The smallest absolute Gasteiger partial charge is 0.336 e. The molecule has 7 nitrogen and oxygen atoms in total. The number of benzene rings is 2. The third kappa shape index (κ3) is 3.94. The zero-order valence-corrected chi connectivity index (χ0v) is 15.9. The lowest BCUT2D eigenvalue weighted by Gasteiger charge is -2.20. The quantitative estimate of drug-likeness (QED) is 0.290. The predicted molar refractivity (Wildman–Crippen MR) is 106 cm³/mol. The van der Waals surface area contributed by atoms with E-state index in [9.17, 15) is 9.59 Å². The van der Waals surface area contributed by atoms with Gasteiger partial charge in [0.2, 0.25) is 5.75 Å². The Morgan fingerprint density at radius 1 is 1.10 bits per heavy atom. The number of hydrogen-bond donors (Lipinski definition) is 0. The molecular weight excluding hydrogens is 376 g/mol. The Morgan fingerprint density at radius 2 is 1.93 bits per heavy atom. The molecule has 0 bridgehead atoms.